The van der Waals surface area contributed by atoms with E-state index >= 15 is 0 Å². The number of benzene rings is 2. The van der Waals surface area contributed by atoms with Crippen molar-refractivity contribution in [2.75, 3.05) is 21.9 Å². The normalized spacial score (nSPS) is 15.8. The molecule has 0 saturated carbocycles. The number of hydrogen-bond donors (Lipinski definition) is 1. The van der Waals surface area contributed by atoms with Crippen molar-refractivity contribution in [3.8, 4) is 0 Å². The van der Waals surface area contributed by atoms with E-state index in [2.05, 4.69) is 27.6 Å². The van der Waals surface area contributed by atoms with Gasteiger partial charge in [-0.2, -0.15) is 0 Å². The summed E-state index contributed by atoms with van der Waals surface area (Å²) in [5.74, 6) is 0.227. The molecule has 1 fully saturated rings. The maximum absolute atomic E-state index is 12.1. The van der Waals surface area contributed by atoms with E-state index in [4.69, 9.17) is 0 Å². The van der Waals surface area contributed by atoms with E-state index in [1.165, 1.54) is 21.2 Å². The molecule has 0 amide bonds. The van der Waals surface area contributed by atoms with Gasteiger partial charge in [-0.05, 0) is 29.7 Å². The van der Waals surface area contributed by atoms with Crippen molar-refractivity contribution in [2.24, 2.45) is 0 Å². The Morgan fingerprint density at radius 1 is 1.04 bits per heavy atom. The van der Waals surface area contributed by atoms with Crippen molar-refractivity contribution >= 4 is 32.2 Å². The second-order valence-electron chi connectivity index (χ2n) is 6.43. The number of rotatable bonds is 6. The van der Waals surface area contributed by atoms with Crippen LogP contribution >= 0.6 is 11.3 Å². The largest absolute Gasteiger partial charge is 0.356 e. The first-order valence-electron chi connectivity index (χ1n) is 8.80. The van der Waals surface area contributed by atoms with Gasteiger partial charge in [-0.1, -0.05) is 53.8 Å². The molecule has 4 rings (SSSR count). The standard InChI is InChI=1S/C19H20N4O2S2/c24-27(25)11-5-10-23(27)17-9-4-8-16(12-17)14-20-19-22-21-18(26-19)13-15-6-2-1-3-7-15/h1-4,6-9,12H,5,10-11,13-14H2,(H,20,22). The van der Waals surface area contributed by atoms with Crippen LogP contribution in [-0.4, -0.2) is 30.9 Å². The number of nitrogens with one attached hydrogen (secondary N) is 1. The molecule has 2 aromatic carbocycles. The first kappa shape index (κ1) is 17.9. The Balaban J connectivity index is 1.40. The predicted octanol–water partition coefficient (Wildman–Crippen LogP) is 3.28. The Bertz CT molecular complexity index is 1020. The molecule has 0 spiro atoms. The fraction of sp³-hybridized carbons (Fsp3) is 0.263. The van der Waals surface area contributed by atoms with Gasteiger partial charge in [0.05, 0.1) is 11.4 Å². The van der Waals surface area contributed by atoms with Crippen molar-refractivity contribution in [1.29, 1.82) is 0 Å². The summed E-state index contributed by atoms with van der Waals surface area (Å²) >= 11 is 1.54. The van der Waals surface area contributed by atoms with E-state index in [9.17, 15) is 8.42 Å². The lowest BCUT2D eigenvalue weighted by molar-refractivity contribution is 0.599. The molecule has 1 aliphatic rings. The monoisotopic (exact) mass is 400 g/mol. The highest BCUT2D eigenvalue weighted by molar-refractivity contribution is 7.93. The van der Waals surface area contributed by atoms with E-state index in [-0.39, 0.29) is 5.75 Å². The predicted molar refractivity (Wildman–Crippen MR) is 109 cm³/mol. The lowest BCUT2D eigenvalue weighted by Crippen LogP contribution is -2.25. The molecule has 1 N–H and O–H groups in total. The summed E-state index contributed by atoms with van der Waals surface area (Å²) in [4.78, 5) is 0. The van der Waals surface area contributed by atoms with Gasteiger partial charge in [0, 0.05) is 19.5 Å². The first-order chi connectivity index (χ1) is 13.1. The summed E-state index contributed by atoms with van der Waals surface area (Å²) in [7, 11) is -3.16. The van der Waals surface area contributed by atoms with Crippen molar-refractivity contribution in [3.05, 3.63) is 70.7 Å². The van der Waals surface area contributed by atoms with Gasteiger partial charge in [-0.25, -0.2) is 8.42 Å². The summed E-state index contributed by atoms with van der Waals surface area (Å²) in [5, 5.41) is 13.4. The summed E-state index contributed by atoms with van der Waals surface area (Å²) in [6.07, 6.45) is 1.45. The number of anilines is 2. The fourth-order valence-electron chi connectivity index (χ4n) is 3.10. The molecule has 1 aliphatic heterocycles. The Morgan fingerprint density at radius 3 is 2.63 bits per heavy atom. The number of nitrogens with zero attached hydrogens (tertiary/aromatic N) is 3. The van der Waals surface area contributed by atoms with Crippen molar-refractivity contribution < 1.29 is 8.42 Å². The van der Waals surface area contributed by atoms with E-state index in [1.807, 2.05) is 42.5 Å². The zero-order valence-corrected chi connectivity index (χ0v) is 16.3. The highest BCUT2D eigenvalue weighted by Gasteiger charge is 2.28. The van der Waals surface area contributed by atoms with E-state index in [0.717, 1.165) is 27.8 Å². The molecule has 0 radical (unpaired) electrons. The van der Waals surface area contributed by atoms with Crippen LogP contribution in [0.1, 0.15) is 22.6 Å². The van der Waals surface area contributed by atoms with Gasteiger partial charge in [0.25, 0.3) is 0 Å². The van der Waals surface area contributed by atoms with E-state index in [1.54, 1.807) is 0 Å². The van der Waals surface area contributed by atoms with Gasteiger partial charge in [0.2, 0.25) is 15.2 Å². The minimum absolute atomic E-state index is 0.227. The number of hydrogen-bond acceptors (Lipinski definition) is 6. The zero-order chi connectivity index (χ0) is 18.7. The molecular weight excluding hydrogens is 380 g/mol. The fourth-order valence-corrected chi connectivity index (χ4v) is 5.42. The molecule has 3 aromatic rings. The van der Waals surface area contributed by atoms with Crippen LogP contribution in [0.15, 0.2) is 54.6 Å². The van der Waals surface area contributed by atoms with Crippen LogP contribution in [0.3, 0.4) is 0 Å². The molecule has 0 bridgehead atoms. The summed E-state index contributed by atoms with van der Waals surface area (Å²) in [6.45, 7) is 1.13. The van der Waals surface area contributed by atoms with Crippen LogP contribution in [0.5, 0.6) is 0 Å². The number of sulfonamides is 1. The van der Waals surface area contributed by atoms with Crippen LogP contribution in [-0.2, 0) is 23.0 Å². The Morgan fingerprint density at radius 2 is 1.85 bits per heavy atom. The second kappa shape index (κ2) is 7.66. The van der Waals surface area contributed by atoms with Gasteiger partial charge >= 0.3 is 0 Å². The highest BCUT2D eigenvalue weighted by Crippen LogP contribution is 2.25. The van der Waals surface area contributed by atoms with Crippen molar-refractivity contribution in [2.45, 2.75) is 19.4 Å². The third-order valence-corrected chi connectivity index (χ3v) is 7.16. The highest BCUT2D eigenvalue weighted by atomic mass is 32.2. The smallest absolute Gasteiger partial charge is 0.235 e. The van der Waals surface area contributed by atoms with Gasteiger partial charge in [0.15, 0.2) is 0 Å². The number of aromatic nitrogens is 2. The summed E-state index contributed by atoms with van der Waals surface area (Å²) in [5.41, 5.74) is 2.95. The van der Waals surface area contributed by atoms with Crippen LogP contribution in [0.2, 0.25) is 0 Å². The van der Waals surface area contributed by atoms with Crippen LogP contribution in [0, 0.1) is 0 Å². The Labute approximate surface area is 162 Å². The first-order valence-corrected chi connectivity index (χ1v) is 11.2. The molecule has 140 valence electrons. The average molecular weight is 401 g/mol. The van der Waals surface area contributed by atoms with E-state index < -0.39 is 10.0 Å². The molecule has 0 aliphatic carbocycles. The van der Waals surface area contributed by atoms with Crippen LogP contribution in [0.4, 0.5) is 10.8 Å². The molecule has 0 atom stereocenters. The van der Waals surface area contributed by atoms with Crippen LogP contribution in [0.25, 0.3) is 0 Å². The van der Waals surface area contributed by atoms with E-state index in [0.29, 0.717) is 19.5 Å². The Kier molecular flexibility index (Phi) is 5.09. The average Bonchev–Trinajstić information content (AvgIpc) is 3.26. The minimum atomic E-state index is -3.16. The summed E-state index contributed by atoms with van der Waals surface area (Å²) < 4.78 is 25.7. The second-order valence-corrected chi connectivity index (χ2v) is 9.50. The van der Waals surface area contributed by atoms with Gasteiger partial charge in [-0.15, -0.1) is 10.2 Å². The zero-order valence-electron chi connectivity index (χ0n) is 14.7. The molecule has 0 unspecified atom stereocenters. The maximum atomic E-state index is 12.1. The molecule has 6 nitrogen and oxygen atoms in total. The summed E-state index contributed by atoms with van der Waals surface area (Å²) in [6, 6.07) is 17.8. The maximum Gasteiger partial charge on any atom is 0.235 e. The quantitative estimate of drug-likeness (QED) is 0.687. The van der Waals surface area contributed by atoms with Crippen LogP contribution < -0.4 is 9.62 Å². The van der Waals surface area contributed by atoms with Gasteiger partial charge in [-0.3, -0.25) is 4.31 Å². The minimum Gasteiger partial charge on any atom is -0.356 e. The van der Waals surface area contributed by atoms with Crippen molar-refractivity contribution in [1.82, 2.24) is 10.2 Å². The molecule has 2 heterocycles. The lowest BCUT2D eigenvalue weighted by Gasteiger charge is -2.17. The molecule has 1 saturated heterocycles. The lowest BCUT2D eigenvalue weighted by atomic mass is 10.2. The topological polar surface area (TPSA) is 75.2 Å². The van der Waals surface area contributed by atoms with Crippen molar-refractivity contribution in [3.63, 3.8) is 0 Å². The third-order valence-electron chi connectivity index (χ3n) is 4.41. The van der Waals surface area contributed by atoms with Gasteiger partial charge in [0.1, 0.15) is 5.01 Å². The van der Waals surface area contributed by atoms with Gasteiger partial charge < -0.3 is 5.32 Å². The SMILES string of the molecule is O=S1(=O)CCCN1c1cccc(CNc2nnc(Cc3ccccc3)s2)c1. The molecule has 8 heteroatoms. The molecular formula is C19H20N4O2S2. The Hall–Kier alpha value is -2.45. The molecule has 1 aromatic heterocycles. The third kappa shape index (κ3) is 4.28. The molecule has 27 heavy (non-hydrogen) atoms.